The van der Waals surface area contributed by atoms with Gasteiger partial charge in [0.05, 0.1) is 12.7 Å². The van der Waals surface area contributed by atoms with Gasteiger partial charge in [-0.3, -0.25) is 5.32 Å². The first-order chi connectivity index (χ1) is 10.6. The lowest BCUT2D eigenvalue weighted by Gasteiger charge is -2.41. The van der Waals surface area contributed by atoms with Gasteiger partial charge in [0.1, 0.15) is 11.9 Å². The topological polar surface area (TPSA) is 56.0 Å². The van der Waals surface area contributed by atoms with E-state index in [0.717, 1.165) is 11.1 Å². The third-order valence-corrected chi connectivity index (χ3v) is 4.29. The molecule has 0 aromatic heterocycles. The highest BCUT2D eigenvalue weighted by Crippen LogP contribution is 2.33. The first-order valence-electron chi connectivity index (χ1n) is 6.96. The molecule has 5 heteroatoms. The van der Waals surface area contributed by atoms with Crippen LogP contribution in [0.15, 0.2) is 42.5 Å². The molecule has 1 aliphatic rings. The second-order valence-corrected chi connectivity index (χ2v) is 5.77. The van der Waals surface area contributed by atoms with E-state index in [1.807, 2.05) is 24.3 Å². The second kappa shape index (κ2) is 6.05. The zero-order chi connectivity index (χ0) is 15.7. The minimum Gasteiger partial charge on any atom is -0.395 e. The van der Waals surface area contributed by atoms with Crippen molar-refractivity contribution in [2.24, 2.45) is 0 Å². The Labute approximate surface area is 133 Å². The Kier molecular flexibility index (Phi) is 4.12. The van der Waals surface area contributed by atoms with E-state index >= 15 is 0 Å². The number of hydrogen-bond acceptors (Lipinski definition) is 3. The average molecular weight is 317 g/mol. The molecular weight excluding hydrogens is 303 g/mol. The second-order valence-electron chi connectivity index (χ2n) is 5.33. The molecule has 3 nitrogen and oxygen atoms in total. The van der Waals surface area contributed by atoms with E-state index in [0.29, 0.717) is 10.6 Å². The smallest absolute Gasteiger partial charge is 0.132 e. The molecule has 2 N–H and O–H groups in total. The van der Waals surface area contributed by atoms with Crippen LogP contribution in [-0.2, 0) is 0 Å². The third kappa shape index (κ3) is 2.59. The number of benzene rings is 2. The lowest BCUT2D eigenvalue weighted by atomic mass is 9.78. The normalized spacial score (nSPS) is 23.6. The van der Waals surface area contributed by atoms with Crippen LogP contribution < -0.4 is 5.32 Å². The van der Waals surface area contributed by atoms with Gasteiger partial charge in [-0.25, -0.2) is 4.39 Å². The number of aliphatic hydroxyl groups excluding tert-OH is 1. The lowest BCUT2D eigenvalue weighted by Crippen LogP contribution is -2.60. The maximum atomic E-state index is 13.9. The van der Waals surface area contributed by atoms with Crippen molar-refractivity contribution >= 4 is 11.6 Å². The molecule has 0 spiro atoms. The standard InChI is InChI=1S/C17H14ClFN2O/c18-12-5-6-13(14(19)7-12)10-1-3-11(4-2-10)17-15(8-20)21-16(17)9-22/h1-7,15-17,21-22H,9H2/t15-,16-,17-/m0/s1. The summed E-state index contributed by atoms with van der Waals surface area (Å²) in [5, 5.41) is 21.7. The molecule has 112 valence electrons. The van der Waals surface area contributed by atoms with Crippen LogP contribution in [0.4, 0.5) is 4.39 Å². The van der Waals surface area contributed by atoms with Gasteiger partial charge in [-0.15, -0.1) is 0 Å². The molecule has 3 rings (SSSR count). The summed E-state index contributed by atoms with van der Waals surface area (Å²) in [6, 6.07) is 13.8. The van der Waals surface area contributed by atoms with E-state index in [1.54, 1.807) is 12.1 Å². The van der Waals surface area contributed by atoms with Gasteiger partial charge in [0.2, 0.25) is 0 Å². The fourth-order valence-corrected chi connectivity index (χ4v) is 3.03. The van der Waals surface area contributed by atoms with Crippen LogP contribution in [0, 0.1) is 17.1 Å². The quantitative estimate of drug-likeness (QED) is 0.915. The molecule has 0 aliphatic carbocycles. The number of nitrogens with one attached hydrogen (secondary N) is 1. The molecule has 2 aromatic rings. The molecule has 1 aliphatic heterocycles. The maximum absolute atomic E-state index is 13.9. The van der Waals surface area contributed by atoms with Crippen molar-refractivity contribution in [3.05, 3.63) is 58.9 Å². The van der Waals surface area contributed by atoms with E-state index in [9.17, 15) is 9.50 Å². The van der Waals surface area contributed by atoms with Gasteiger partial charge in [-0.2, -0.15) is 5.26 Å². The molecule has 0 unspecified atom stereocenters. The Morgan fingerprint density at radius 3 is 2.55 bits per heavy atom. The number of nitriles is 1. The van der Waals surface area contributed by atoms with Gasteiger partial charge >= 0.3 is 0 Å². The van der Waals surface area contributed by atoms with Crippen LogP contribution in [0.2, 0.25) is 5.02 Å². The van der Waals surface area contributed by atoms with Gasteiger partial charge in [-0.1, -0.05) is 35.9 Å². The van der Waals surface area contributed by atoms with Crippen molar-refractivity contribution < 1.29 is 9.50 Å². The van der Waals surface area contributed by atoms with Crippen LogP contribution in [0.25, 0.3) is 11.1 Å². The number of hydrogen-bond donors (Lipinski definition) is 2. The van der Waals surface area contributed by atoms with Crippen molar-refractivity contribution in [3.63, 3.8) is 0 Å². The Hall–Kier alpha value is -1.93. The molecule has 0 bridgehead atoms. The zero-order valence-electron chi connectivity index (χ0n) is 11.6. The van der Waals surface area contributed by atoms with E-state index < -0.39 is 0 Å². The largest absolute Gasteiger partial charge is 0.395 e. The summed E-state index contributed by atoms with van der Waals surface area (Å²) in [5.74, 6) is -0.409. The summed E-state index contributed by atoms with van der Waals surface area (Å²) in [6.07, 6.45) is 0. The van der Waals surface area contributed by atoms with Crippen LogP contribution in [0.3, 0.4) is 0 Å². The van der Waals surface area contributed by atoms with Gasteiger partial charge in [0, 0.05) is 22.5 Å². The monoisotopic (exact) mass is 316 g/mol. The first kappa shape index (κ1) is 15.0. The van der Waals surface area contributed by atoms with Crippen molar-refractivity contribution in [1.82, 2.24) is 5.32 Å². The molecule has 1 heterocycles. The van der Waals surface area contributed by atoms with E-state index in [4.69, 9.17) is 16.9 Å². The van der Waals surface area contributed by atoms with Crippen molar-refractivity contribution in [2.75, 3.05) is 6.61 Å². The highest BCUT2D eigenvalue weighted by atomic mass is 35.5. The SMILES string of the molecule is N#C[C@@H]1N[C@@H](CO)[C@H]1c1ccc(-c2ccc(Cl)cc2F)cc1. The highest BCUT2D eigenvalue weighted by molar-refractivity contribution is 6.30. The summed E-state index contributed by atoms with van der Waals surface area (Å²) in [6.45, 7) is -0.0174. The fraction of sp³-hybridized carbons (Fsp3) is 0.235. The summed E-state index contributed by atoms with van der Waals surface area (Å²) < 4.78 is 13.9. The number of nitrogens with zero attached hydrogens (tertiary/aromatic N) is 1. The van der Waals surface area contributed by atoms with Crippen molar-refractivity contribution in [3.8, 4) is 17.2 Å². The number of aliphatic hydroxyl groups is 1. The summed E-state index contributed by atoms with van der Waals surface area (Å²) in [7, 11) is 0. The Bertz CT molecular complexity index is 726. The molecule has 0 saturated carbocycles. The first-order valence-corrected chi connectivity index (χ1v) is 7.33. The summed E-state index contributed by atoms with van der Waals surface area (Å²) >= 11 is 5.76. The summed E-state index contributed by atoms with van der Waals surface area (Å²) in [4.78, 5) is 0. The predicted octanol–water partition coefficient (Wildman–Crippen LogP) is 3.09. The van der Waals surface area contributed by atoms with Crippen LogP contribution in [-0.4, -0.2) is 23.8 Å². The van der Waals surface area contributed by atoms with Gasteiger partial charge in [0.15, 0.2) is 0 Å². The Morgan fingerprint density at radius 2 is 1.95 bits per heavy atom. The third-order valence-electron chi connectivity index (χ3n) is 4.06. The molecule has 0 radical (unpaired) electrons. The highest BCUT2D eigenvalue weighted by Gasteiger charge is 2.41. The number of rotatable bonds is 3. The minimum absolute atomic E-state index is 0.0174. The van der Waals surface area contributed by atoms with Crippen LogP contribution in [0.1, 0.15) is 11.5 Å². The summed E-state index contributed by atoms with van der Waals surface area (Å²) in [5.41, 5.74) is 2.19. The van der Waals surface area contributed by atoms with E-state index in [2.05, 4.69) is 11.4 Å². The Balaban J connectivity index is 1.88. The molecule has 3 atom stereocenters. The number of halogens is 2. The van der Waals surface area contributed by atoms with Crippen LogP contribution in [0.5, 0.6) is 0 Å². The molecule has 1 saturated heterocycles. The molecule has 2 aromatic carbocycles. The van der Waals surface area contributed by atoms with E-state index in [-0.39, 0.29) is 30.4 Å². The van der Waals surface area contributed by atoms with Gasteiger partial charge in [-0.05, 0) is 29.3 Å². The molecule has 1 fully saturated rings. The van der Waals surface area contributed by atoms with Gasteiger partial charge in [0.25, 0.3) is 0 Å². The predicted molar refractivity (Wildman–Crippen MR) is 83.0 cm³/mol. The molecule has 22 heavy (non-hydrogen) atoms. The lowest BCUT2D eigenvalue weighted by molar-refractivity contribution is 0.151. The maximum Gasteiger partial charge on any atom is 0.132 e. The average Bonchev–Trinajstić information content (AvgIpc) is 2.48. The molecule has 0 amide bonds. The van der Waals surface area contributed by atoms with Crippen LogP contribution >= 0.6 is 11.6 Å². The van der Waals surface area contributed by atoms with Crippen molar-refractivity contribution in [2.45, 2.75) is 18.0 Å². The molecular formula is C17H14ClFN2O. The zero-order valence-corrected chi connectivity index (χ0v) is 12.4. The minimum atomic E-state index is -0.367. The van der Waals surface area contributed by atoms with Crippen molar-refractivity contribution in [1.29, 1.82) is 5.26 Å². The Morgan fingerprint density at radius 1 is 1.23 bits per heavy atom. The fourth-order valence-electron chi connectivity index (χ4n) is 2.87. The van der Waals surface area contributed by atoms with E-state index in [1.165, 1.54) is 6.07 Å². The van der Waals surface area contributed by atoms with Gasteiger partial charge < -0.3 is 5.11 Å².